The fourth-order valence-corrected chi connectivity index (χ4v) is 9.62. The van der Waals surface area contributed by atoms with Crippen molar-refractivity contribution in [2.45, 2.75) is 95.8 Å². The SMILES string of the molecule is C=CC1CC1(NC(=O)C1CC(Oc2cc(-c3ccc(C)cc3)nc3cc(OC)ccc23)CN1C(=O)C(NC(=O)OC1CCCC1)C(C)(C)C)P(C)(C)=O. The number of ether oxygens (including phenoxy) is 3. The van der Waals surface area contributed by atoms with Gasteiger partial charge in [-0.2, -0.15) is 0 Å². The Morgan fingerprint density at radius 1 is 1.06 bits per heavy atom. The number of methoxy groups -OCH3 is 1. The topological polar surface area (TPSA) is 136 Å². The molecular formula is C41H53N4O7P. The molecule has 284 valence electrons. The molecule has 2 saturated carbocycles. The van der Waals surface area contributed by atoms with E-state index in [4.69, 9.17) is 19.2 Å². The Balaban J connectivity index is 1.34. The Bertz CT molecular complexity index is 1930. The smallest absolute Gasteiger partial charge is 0.408 e. The number of fused-ring (bicyclic) bond motifs is 1. The zero-order valence-electron chi connectivity index (χ0n) is 31.9. The van der Waals surface area contributed by atoms with Crippen LogP contribution in [0.5, 0.6) is 11.5 Å². The summed E-state index contributed by atoms with van der Waals surface area (Å²) >= 11 is 0. The van der Waals surface area contributed by atoms with Crippen LogP contribution in [0.2, 0.25) is 0 Å². The number of carbonyl (C=O) groups excluding carboxylic acids is 3. The van der Waals surface area contributed by atoms with Crippen LogP contribution < -0.4 is 20.1 Å². The predicted molar refractivity (Wildman–Crippen MR) is 207 cm³/mol. The largest absolute Gasteiger partial charge is 0.497 e. The minimum atomic E-state index is -2.82. The Labute approximate surface area is 312 Å². The Morgan fingerprint density at radius 3 is 2.36 bits per heavy atom. The number of likely N-dealkylation sites (tertiary alicyclic amines) is 1. The van der Waals surface area contributed by atoms with Crippen LogP contribution in [0.25, 0.3) is 22.2 Å². The van der Waals surface area contributed by atoms with Crippen molar-refractivity contribution in [2.24, 2.45) is 11.3 Å². The molecule has 1 aliphatic heterocycles. The molecule has 0 bridgehead atoms. The van der Waals surface area contributed by atoms with Gasteiger partial charge in [0.1, 0.15) is 42.9 Å². The number of benzene rings is 2. The van der Waals surface area contributed by atoms with Crippen molar-refractivity contribution < 1.29 is 33.2 Å². The number of hydrogen-bond acceptors (Lipinski definition) is 8. The van der Waals surface area contributed by atoms with E-state index in [1.165, 1.54) is 4.90 Å². The summed E-state index contributed by atoms with van der Waals surface area (Å²) in [4.78, 5) is 48.6. The van der Waals surface area contributed by atoms with Crippen molar-refractivity contribution in [3.8, 4) is 22.8 Å². The van der Waals surface area contributed by atoms with Gasteiger partial charge in [-0.15, -0.1) is 6.58 Å². The normalized spacial score (nSPS) is 23.7. The molecule has 3 fully saturated rings. The van der Waals surface area contributed by atoms with Crippen LogP contribution in [0.3, 0.4) is 0 Å². The van der Waals surface area contributed by atoms with Gasteiger partial charge >= 0.3 is 6.09 Å². The van der Waals surface area contributed by atoms with E-state index in [1.807, 2.05) is 76.2 Å². The first-order valence-electron chi connectivity index (χ1n) is 18.5. The monoisotopic (exact) mass is 744 g/mol. The van der Waals surface area contributed by atoms with Crippen LogP contribution in [0, 0.1) is 18.3 Å². The van der Waals surface area contributed by atoms with E-state index in [-0.39, 0.29) is 25.0 Å². The van der Waals surface area contributed by atoms with E-state index in [0.29, 0.717) is 29.1 Å². The van der Waals surface area contributed by atoms with Crippen molar-refractivity contribution in [2.75, 3.05) is 27.0 Å². The third kappa shape index (κ3) is 8.10. The van der Waals surface area contributed by atoms with E-state index in [1.54, 1.807) is 26.5 Å². The standard InChI is InChI=1S/C41H53N4O7P/c1-9-27-23-41(27,53(7,8)49)44-37(46)34-21-30(24-45(34)38(47)36(40(3,4)5)43-39(48)52-28-12-10-11-13-28)51-35-22-32(26-16-14-25(2)15-17-26)42-33-20-29(50-6)18-19-31(33)35/h9,14-20,22,27-28,30,34,36H,1,10-13,21,23-24H2,2-8H3,(H,43,48)(H,44,46). The molecule has 2 aromatic carbocycles. The van der Waals surface area contributed by atoms with Crippen molar-refractivity contribution in [1.82, 2.24) is 20.5 Å². The Morgan fingerprint density at radius 2 is 1.75 bits per heavy atom. The molecule has 3 amide bonds. The summed E-state index contributed by atoms with van der Waals surface area (Å²) < 4.78 is 31.5. The summed E-state index contributed by atoms with van der Waals surface area (Å²) in [6.45, 7) is 15.0. The van der Waals surface area contributed by atoms with E-state index in [0.717, 1.165) is 42.2 Å². The van der Waals surface area contributed by atoms with Crippen molar-refractivity contribution in [3.05, 3.63) is 66.7 Å². The van der Waals surface area contributed by atoms with Gasteiger partial charge in [-0.1, -0.05) is 56.7 Å². The maximum absolute atomic E-state index is 14.7. The number of amides is 3. The van der Waals surface area contributed by atoms with E-state index in [9.17, 15) is 18.9 Å². The summed E-state index contributed by atoms with van der Waals surface area (Å²) in [5.41, 5.74) is 2.68. The number of nitrogens with zero attached hydrogens (tertiary/aromatic N) is 2. The maximum Gasteiger partial charge on any atom is 0.408 e. The Kier molecular flexibility index (Phi) is 10.7. The number of hydrogen-bond donors (Lipinski definition) is 2. The van der Waals surface area contributed by atoms with Crippen LogP contribution in [-0.4, -0.2) is 84.3 Å². The third-order valence-corrected chi connectivity index (χ3v) is 13.5. The lowest BCUT2D eigenvalue weighted by molar-refractivity contribution is -0.142. The molecule has 1 saturated heterocycles. The predicted octanol–water partition coefficient (Wildman–Crippen LogP) is 7.29. The number of carbonyl (C=O) groups is 3. The van der Waals surface area contributed by atoms with Gasteiger partial charge in [-0.25, -0.2) is 9.78 Å². The van der Waals surface area contributed by atoms with Crippen LogP contribution in [-0.2, 0) is 18.9 Å². The van der Waals surface area contributed by atoms with Gasteiger partial charge in [0, 0.05) is 35.4 Å². The fourth-order valence-electron chi connectivity index (χ4n) is 7.70. The number of aryl methyl sites for hydroxylation is 1. The zero-order valence-corrected chi connectivity index (χ0v) is 32.8. The van der Waals surface area contributed by atoms with Gasteiger partial charge in [0.2, 0.25) is 11.8 Å². The van der Waals surface area contributed by atoms with E-state index < -0.39 is 53.9 Å². The van der Waals surface area contributed by atoms with Gasteiger partial charge in [-0.3, -0.25) is 9.59 Å². The highest BCUT2D eigenvalue weighted by atomic mass is 31.2. The first-order chi connectivity index (χ1) is 25.0. The highest BCUT2D eigenvalue weighted by Gasteiger charge is 2.62. The molecule has 2 N–H and O–H groups in total. The minimum Gasteiger partial charge on any atom is -0.497 e. The number of aromatic nitrogens is 1. The number of nitrogens with one attached hydrogen (secondary N) is 2. The summed E-state index contributed by atoms with van der Waals surface area (Å²) in [6.07, 6.45) is 4.57. The highest BCUT2D eigenvalue weighted by Crippen LogP contribution is 2.67. The zero-order chi connectivity index (χ0) is 38.3. The second-order valence-electron chi connectivity index (χ2n) is 16.3. The highest BCUT2D eigenvalue weighted by molar-refractivity contribution is 7.64. The lowest BCUT2D eigenvalue weighted by Gasteiger charge is -2.35. The van der Waals surface area contributed by atoms with Crippen LogP contribution >= 0.6 is 7.14 Å². The van der Waals surface area contributed by atoms with Crippen LogP contribution in [0.4, 0.5) is 4.79 Å². The van der Waals surface area contributed by atoms with Gasteiger partial charge in [0.25, 0.3) is 0 Å². The minimum absolute atomic E-state index is 0.0798. The van der Waals surface area contributed by atoms with E-state index in [2.05, 4.69) is 17.2 Å². The molecule has 12 heteroatoms. The number of pyridine rings is 1. The molecule has 3 aromatic rings. The van der Waals surface area contributed by atoms with Gasteiger partial charge < -0.3 is 34.3 Å². The summed E-state index contributed by atoms with van der Waals surface area (Å²) in [6, 6.07) is 13.6. The number of alkyl carbamates (subject to hydrolysis) is 1. The average Bonchev–Trinajstić information content (AvgIpc) is 3.37. The lowest BCUT2D eigenvalue weighted by Crippen LogP contribution is -2.58. The van der Waals surface area contributed by atoms with Crippen LogP contribution in [0.1, 0.15) is 64.9 Å². The molecule has 2 heterocycles. The average molecular weight is 745 g/mol. The molecule has 6 rings (SSSR count). The molecule has 0 radical (unpaired) electrons. The second-order valence-corrected chi connectivity index (χ2v) is 19.8. The lowest BCUT2D eigenvalue weighted by atomic mass is 9.85. The van der Waals surface area contributed by atoms with E-state index >= 15 is 0 Å². The first-order valence-corrected chi connectivity index (χ1v) is 21.1. The first kappa shape index (κ1) is 38.4. The van der Waals surface area contributed by atoms with Gasteiger partial charge in [0.05, 0.1) is 30.1 Å². The number of rotatable bonds is 11. The molecule has 53 heavy (non-hydrogen) atoms. The molecular weight excluding hydrogens is 691 g/mol. The molecule has 1 aromatic heterocycles. The molecule has 3 aliphatic rings. The molecule has 11 nitrogen and oxygen atoms in total. The van der Waals surface area contributed by atoms with Gasteiger partial charge in [-0.05, 0) is 69.9 Å². The second kappa shape index (κ2) is 14.8. The molecule has 5 atom stereocenters. The molecule has 5 unspecified atom stereocenters. The molecule has 0 spiro atoms. The maximum atomic E-state index is 14.7. The Hall–Kier alpha value is -4.37. The van der Waals surface area contributed by atoms with Crippen molar-refractivity contribution in [3.63, 3.8) is 0 Å². The quantitative estimate of drug-likeness (QED) is 0.154. The fraction of sp³-hybridized carbons (Fsp3) is 0.512. The summed E-state index contributed by atoms with van der Waals surface area (Å²) in [5, 5.41) is 5.78. The van der Waals surface area contributed by atoms with Crippen molar-refractivity contribution in [1.29, 1.82) is 0 Å². The summed E-state index contributed by atoms with van der Waals surface area (Å²) in [5.74, 6) is 0.227. The van der Waals surface area contributed by atoms with Crippen molar-refractivity contribution >= 4 is 36.0 Å². The van der Waals surface area contributed by atoms with Crippen LogP contribution in [0.15, 0.2) is 61.2 Å². The van der Waals surface area contributed by atoms with Gasteiger partial charge in [0.15, 0.2) is 0 Å². The third-order valence-electron chi connectivity index (χ3n) is 11.0. The summed E-state index contributed by atoms with van der Waals surface area (Å²) in [7, 11) is -1.22. The molecule has 2 aliphatic carbocycles.